The Kier molecular flexibility index (Phi) is 5.24. The first kappa shape index (κ1) is 19.9. The van der Waals surface area contributed by atoms with Crippen molar-refractivity contribution in [1.82, 2.24) is 9.80 Å². The van der Waals surface area contributed by atoms with Gasteiger partial charge in [-0.2, -0.15) is 0 Å². The van der Waals surface area contributed by atoms with Crippen LogP contribution in [0.5, 0.6) is 5.75 Å². The van der Waals surface area contributed by atoms with E-state index < -0.39 is 0 Å². The van der Waals surface area contributed by atoms with Gasteiger partial charge in [-0.05, 0) is 93.9 Å². The van der Waals surface area contributed by atoms with Crippen molar-refractivity contribution in [3.8, 4) is 5.75 Å². The predicted octanol–water partition coefficient (Wildman–Crippen LogP) is 3.98. The molecule has 1 aromatic carbocycles. The van der Waals surface area contributed by atoms with Gasteiger partial charge < -0.3 is 14.5 Å². The molecule has 0 N–H and O–H groups in total. The molecule has 30 heavy (non-hydrogen) atoms. The number of carbonyl (C=O) groups is 2. The summed E-state index contributed by atoms with van der Waals surface area (Å²) >= 11 is 0. The molecule has 1 aromatic rings. The Hall–Kier alpha value is -2.04. The fraction of sp³-hybridized carbons (Fsp3) is 0.680. The van der Waals surface area contributed by atoms with Crippen molar-refractivity contribution in [2.75, 3.05) is 32.8 Å². The molecule has 5 fully saturated rings. The second-order valence-electron chi connectivity index (χ2n) is 10.1. The van der Waals surface area contributed by atoms with Crippen LogP contribution in [0.15, 0.2) is 24.3 Å². The second kappa shape index (κ2) is 7.90. The maximum Gasteiger partial charge on any atom is 0.253 e. The van der Waals surface area contributed by atoms with Gasteiger partial charge in [-0.1, -0.05) is 0 Å². The van der Waals surface area contributed by atoms with E-state index in [1.54, 1.807) is 0 Å². The molecule has 5 nitrogen and oxygen atoms in total. The van der Waals surface area contributed by atoms with Crippen LogP contribution in [0.2, 0.25) is 0 Å². The number of rotatable bonds is 4. The monoisotopic (exact) mass is 410 g/mol. The molecule has 0 spiro atoms. The van der Waals surface area contributed by atoms with Gasteiger partial charge in [0.05, 0.1) is 12.0 Å². The molecule has 4 bridgehead atoms. The van der Waals surface area contributed by atoms with Crippen LogP contribution in [0.25, 0.3) is 0 Å². The first-order chi connectivity index (χ1) is 14.6. The van der Waals surface area contributed by atoms with Gasteiger partial charge >= 0.3 is 0 Å². The van der Waals surface area contributed by atoms with Gasteiger partial charge in [0.2, 0.25) is 5.91 Å². The predicted molar refractivity (Wildman–Crippen MR) is 115 cm³/mol. The topological polar surface area (TPSA) is 49.9 Å². The number of hydrogen-bond acceptors (Lipinski definition) is 3. The van der Waals surface area contributed by atoms with Crippen molar-refractivity contribution in [2.45, 2.75) is 51.9 Å². The summed E-state index contributed by atoms with van der Waals surface area (Å²) in [4.78, 5) is 30.7. The number of amides is 2. The zero-order chi connectivity index (χ0) is 20.7. The normalized spacial score (nSPS) is 32.8. The Labute approximate surface area is 179 Å². The summed E-state index contributed by atoms with van der Waals surface area (Å²) in [5, 5.41) is 0. The van der Waals surface area contributed by atoms with E-state index in [2.05, 4.69) is 4.90 Å². The number of ether oxygens (including phenoxy) is 1. The molecule has 0 radical (unpaired) electrons. The molecule has 1 aliphatic heterocycles. The van der Waals surface area contributed by atoms with Crippen molar-refractivity contribution >= 4 is 11.8 Å². The van der Waals surface area contributed by atoms with Crippen LogP contribution in [0.3, 0.4) is 0 Å². The van der Waals surface area contributed by atoms with Crippen LogP contribution >= 0.6 is 0 Å². The molecule has 1 saturated heterocycles. The van der Waals surface area contributed by atoms with Gasteiger partial charge in [0.1, 0.15) is 5.75 Å². The van der Waals surface area contributed by atoms with E-state index in [0.717, 1.165) is 62.3 Å². The van der Waals surface area contributed by atoms with Crippen LogP contribution in [-0.2, 0) is 4.79 Å². The van der Waals surface area contributed by atoms with Crippen molar-refractivity contribution in [3.05, 3.63) is 29.8 Å². The van der Waals surface area contributed by atoms with E-state index >= 15 is 0 Å². The molecule has 162 valence electrons. The van der Waals surface area contributed by atoms with Gasteiger partial charge in [-0.3, -0.25) is 9.59 Å². The van der Waals surface area contributed by atoms with E-state index in [1.807, 2.05) is 36.1 Å². The highest BCUT2D eigenvalue weighted by Gasteiger charge is 2.55. The van der Waals surface area contributed by atoms with Gasteiger partial charge in [0.25, 0.3) is 5.91 Å². The number of nitrogens with zero attached hydrogens (tertiary/aromatic N) is 2. The lowest BCUT2D eigenvalue weighted by Gasteiger charge is -2.56. The fourth-order valence-electron chi connectivity index (χ4n) is 7.07. The molecule has 5 aliphatic rings. The van der Waals surface area contributed by atoms with Gasteiger partial charge in [0, 0.05) is 31.7 Å². The lowest BCUT2D eigenvalue weighted by Crippen LogP contribution is -2.55. The molecule has 6 rings (SSSR count). The molecular weight excluding hydrogens is 376 g/mol. The summed E-state index contributed by atoms with van der Waals surface area (Å²) in [6.07, 6.45) is 8.28. The summed E-state index contributed by atoms with van der Waals surface area (Å²) in [5.41, 5.74) is 0.613. The summed E-state index contributed by atoms with van der Waals surface area (Å²) in [6, 6.07) is 7.40. The zero-order valence-electron chi connectivity index (χ0n) is 18.1. The lowest BCUT2D eigenvalue weighted by atomic mass is 9.49. The van der Waals surface area contributed by atoms with Crippen molar-refractivity contribution in [1.29, 1.82) is 0 Å². The largest absolute Gasteiger partial charge is 0.494 e. The Morgan fingerprint density at radius 3 is 2.07 bits per heavy atom. The van der Waals surface area contributed by atoms with Gasteiger partial charge in [-0.15, -0.1) is 0 Å². The third-order valence-corrected chi connectivity index (χ3v) is 7.97. The Bertz CT molecular complexity index is 768. The first-order valence-electron chi connectivity index (χ1n) is 11.9. The van der Waals surface area contributed by atoms with Crippen LogP contribution in [0.1, 0.15) is 62.2 Å². The molecule has 4 aliphatic carbocycles. The zero-order valence-corrected chi connectivity index (χ0v) is 18.1. The second-order valence-corrected chi connectivity index (χ2v) is 10.1. The summed E-state index contributed by atoms with van der Waals surface area (Å²) in [6.45, 7) is 5.37. The Morgan fingerprint density at radius 2 is 1.47 bits per heavy atom. The minimum Gasteiger partial charge on any atom is -0.494 e. The van der Waals surface area contributed by atoms with Crippen LogP contribution in [0.4, 0.5) is 0 Å². The fourth-order valence-corrected chi connectivity index (χ4v) is 7.07. The number of hydrogen-bond donors (Lipinski definition) is 0. The van der Waals surface area contributed by atoms with Crippen molar-refractivity contribution in [3.63, 3.8) is 0 Å². The standard InChI is InChI=1S/C25H34N2O3/c1-2-30-22-6-4-21(5-7-22)23(28)26-8-3-9-27(11-10-26)24(29)25-15-18-12-19(16-25)14-20(13-18)17-25/h4-7,18-20H,2-3,8-17H2,1H3. The maximum atomic E-state index is 13.7. The van der Waals surface area contributed by atoms with E-state index in [-0.39, 0.29) is 11.3 Å². The van der Waals surface area contributed by atoms with Crippen molar-refractivity contribution in [2.24, 2.45) is 23.2 Å². The third-order valence-electron chi connectivity index (χ3n) is 7.97. The van der Waals surface area contributed by atoms with E-state index in [0.29, 0.717) is 31.2 Å². The molecule has 2 amide bonds. The van der Waals surface area contributed by atoms with Gasteiger partial charge in [0.15, 0.2) is 0 Å². The van der Waals surface area contributed by atoms with Crippen LogP contribution < -0.4 is 4.74 Å². The molecule has 5 heteroatoms. The van der Waals surface area contributed by atoms with E-state index in [1.165, 1.54) is 19.3 Å². The smallest absolute Gasteiger partial charge is 0.253 e. The van der Waals surface area contributed by atoms with Crippen molar-refractivity contribution < 1.29 is 14.3 Å². The third kappa shape index (κ3) is 3.61. The molecule has 0 unspecified atom stereocenters. The average molecular weight is 411 g/mol. The maximum absolute atomic E-state index is 13.7. The summed E-state index contributed by atoms with van der Waals surface area (Å²) in [5.74, 6) is 3.59. The minimum absolute atomic E-state index is 0.0575. The van der Waals surface area contributed by atoms with E-state index in [4.69, 9.17) is 4.74 Å². The van der Waals surface area contributed by atoms with E-state index in [9.17, 15) is 9.59 Å². The molecule has 1 heterocycles. The summed E-state index contributed by atoms with van der Waals surface area (Å²) in [7, 11) is 0. The highest BCUT2D eigenvalue weighted by atomic mass is 16.5. The molecule has 4 saturated carbocycles. The molecule has 0 atom stereocenters. The Morgan fingerprint density at radius 1 is 0.900 bits per heavy atom. The average Bonchev–Trinajstić information content (AvgIpc) is 2.99. The first-order valence-corrected chi connectivity index (χ1v) is 11.9. The highest BCUT2D eigenvalue weighted by Crippen LogP contribution is 2.60. The quantitative estimate of drug-likeness (QED) is 0.755. The number of carbonyl (C=O) groups excluding carboxylic acids is 2. The molecule has 0 aromatic heterocycles. The highest BCUT2D eigenvalue weighted by molar-refractivity contribution is 5.94. The summed E-state index contributed by atoms with van der Waals surface area (Å²) < 4.78 is 5.48. The minimum atomic E-state index is -0.0803. The van der Waals surface area contributed by atoms with Gasteiger partial charge in [-0.25, -0.2) is 0 Å². The van der Waals surface area contributed by atoms with Crippen LogP contribution in [-0.4, -0.2) is 54.4 Å². The Balaban J connectivity index is 1.23. The molecular formula is C25H34N2O3. The van der Waals surface area contributed by atoms with Crippen LogP contribution in [0, 0.1) is 23.2 Å². The number of benzene rings is 1. The SMILES string of the molecule is CCOc1ccc(C(=O)N2CCCN(C(=O)C34CC5CC(CC(C5)C3)C4)CC2)cc1. The lowest BCUT2D eigenvalue weighted by molar-refractivity contribution is -0.157.